The molecule has 2 N–H and O–H groups in total. The van der Waals surface area contributed by atoms with Gasteiger partial charge in [0.25, 0.3) is 5.91 Å². The number of hydrogen-bond donors (Lipinski definition) is 1. The van der Waals surface area contributed by atoms with Crippen LogP contribution in [-0.4, -0.2) is 75.1 Å². The predicted octanol–water partition coefficient (Wildman–Crippen LogP) is 0.0222. The largest absolute Gasteiger partial charge is 0.455 e. The number of amides is 1. The summed E-state index contributed by atoms with van der Waals surface area (Å²) in [6.07, 6.45) is 0. The maximum absolute atomic E-state index is 12.1. The summed E-state index contributed by atoms with van der Waals surface area (Å²) in [5.74, 6) is -0.643. The van der Waals surface area contributed by atoms with E-state index in [4.69, 9.17) is 10.5 Å². The van der Waals surface area contributed by atoms with Crippen LogP contribution in [-0.2, 0) is 14.3 Å². The lowest BCUT2D eigenvalue weighted by Gasteiger charge is -2.31. The smallest absolute Gasteiger partial charge is 0.320 e. The van der Waals surface area contributed by atoms with Crippen molar-refractivity contribution in [3.63, 3.8) is 0 Å². The molecule has 1 aliphatic rings. The van der Waals surface area contributed by atoms with Gasteiger partial charge < -0.3 is 20.3 Å². The Bertz CT molecular complexity index is 539. The van der Waals surface area contributed by atoms with Crippen LogP contribution in [0, 0.1) is 0 Å². The van der Waals surface area contributed by atoms with Crippen molar-refractivity contribution in [2.45, 2.75) is 0 Å². The normalized spacial score (nSPS) is 16.1. The number of nitrogens with two attached hydrogens (primary N) is 1. The zero-order valence-corrected chi connectivity index (χ0v) is 13.7. The fraction of sp³-hybridized carbons (Fsp3) is 0.500. The SMILES string of the molecule is CN1CCN(CC(=O)OCC(=O)N(C)c2ccc(N)cc2)CC1. The molecule has 23 heavy (non-hydrogen) atoms. The van der Waals surface area contributed by atoms with E-state index in [9.17, 15) is 9.59 Å². The lowest BCUT2D eigenvalue weighted by molar-refractivity contribution is -0.149. The summed E-state index contributed by atoms with van der Waals surface area (Å²) < 4.78 is 5.09. The van der Waals surface area contributed by atoms with E-state index < -0.39 is 0 Å². The minimum absolute atomic E-state index is 0.229. The molecule has 0 radical (unpaired) electrons. The molecule has 2 rings (SSSR count). The van der Waals surface area contributed by atoms with E-state index in [0.717, 1.165) is 26.2 Å². The highest BCUT2D eigenvalue weighted by Gasteiger charge is 2.19. The first-order chi connectivity index (χ1) is 11.0. The number of anilines is 2. The third-order valence-corrected chi connectivity index (χ3v) is 3.96. The van der Waals surface area contributed by atoms with Crippen LogP contribution in [0.1, 0.15) is 0 Å². The lowest BCUT2D eigenvalue weighted by atomic mass is 10.2. The Labute approximate surface area is 136 Å². The van der Waals surface area contributed by atoms with Crippen molar-refractivity contribution in [1.82, 2.24) is 9.80 Å². The van der Waals surface area contributed by atoms with Gasteiger partial charge in [0, 0.05) is 44.6 Å². The van der Waals surface area contributed by atoms with E-state index >= 15 is 0 Å². The number of esters is 1. The molecule has 0 aromatic heterocycles. The molecule has 7 nitrogen and oxygen atoms in total. The van der Waals surface area contributed by atoms with Crippen LogP contribution in [0.2, 0.25) is 0 Å². The predicted molar refractivity (Wildman–Crippen MR) is 89.2 cm³/mol. The third-order valence-electron chi connectivity index (χ3n) is 3.96. The van der Waals surface area contributed by atoms with E-state index in [-0.39, 0.29) is 25.0 Å². The molecule has 126 valence electrons. The molecule has 1 aliphatic heterocycles. The summed E-state index contributed by atoms with van der Waals surface area (Å²) in [5, 5.41) is 0. The molecular weight excluding hydrogens is 296 g/mol. The lowest BCUT2D eigenvalue weighted by Crippen LogP contribution is -2.46. The summed E-state index contributed by atoms with van der Waals surface area (Å²) >= 11 is 0. The summed E-state index contributed by atoms with van der Waals surface area (Å²) in [6, 6.07) is 6.94. The first-order valence-corrected chi connectivity index (χ1v) is 7.64. The van der Waals surface area contributed by atoms with Gasteiger partial charge in [-0.2, -0.15) is 0 Å². The van der Waals surface area contributed by atoms with Gasteiger partial charge >= 0.3 is 5.97 Å². The molecular formula is C16H24N4O3. The fourth-order valence-corrected chi connectivity index (χ4v) is 2.32. The van der Waals surface area contributed by atoms with Crippen LogP contribution >= 0.6 is 0 Å². The Morgan fingerprint density at radius 1 is 1.17 bits per heavy atom. The van der Waals surface area contributed by atoms with Gasteiger partial charge in [0.1, 0.15) is 0 Å². The molecule has 0 bridgehead atoms. The number of ether oxygens (including phenoxy) is 1. The van der Waals surface area contributed by atoms with Crippen molar-refractivity contribution in [1.29, 1.82) is 0 Å². The molecule has 0 unspecified atom stereocenters. The Balaban J connectivity index is 1.75. The molecule has 1 aromatic rings. The second kappa shape index (κ2) is 7.94. The minimum atomic E-state index is -0.367. The molecule has 0 spiro atoms. The quantitative estimate of drug-likeness (QED) is 0.609. The van der Waals surface area contributed by atoms with Crippen LogP contribution in [0.15, 0.2) is 24.3 Å². The second-order valence-electron chi connectivity index (χ2n) is 5.78. The fourth-order valence-electron chi connectivity index (χ4n) is 2.32. The Morgan fingerprint density at radius 2 is 1.78 bits per heavy atom. The van der Waals surface area contributed by atoms with Crippen LogP contribution in [0.25, 0.3) is 0 Å². The van der Waals surface area contributed by atoms with Crippen molar-refractivity contribution in [3.8, 4) is 0 Å². The molecule has 1 fully saturated rings. The summed E-state index contributed by atoms with van der Waals surface area (Å²) in [4.78, 5) is 29.6. The standard InChI is InChI=1S/C16H24N4O3/c1-18-7-9-20(10-8-18)11-16(22)23-12-15(21)19(2)14-5-3-13(17)4-6-14/h3-6H,7-12,17H2,1-2H3. The summed E-state index contributed by atoms with van der Waals surface area (Å²) in [7, 11) is 3.70. The van der Waals surface area contributed by atoms with Crippen LogP contribution in [0.5, 0.6) is 0 Å². The van der Waals surface area contributed by atoms with Gasteiger partial charge in [-0.1, -0.05) is 0 Å². The third kappa shape index (κ3) is 5.22. The molecule has 1 aromatic carbocycles. The molecule has 1 heterocycles. The van der Waals surface area contributed by atoms with Crippen LogP contribution < -0.4 is 10.6 Å². The molecule has 1 amide bonds. The highest BCUT2D eigenvalue weighted by atomic mass is 16.5. The zero-order valence-electron chi connectivity index (χ0n) is 13.7. The first kappa shape index (κ1) is 17.2. The number of nitrogens with zero attached hydrogens (tertiary/aromatic N) is 3. The first-order valence-electron chi connectivity index (χ1n) is 7.64. The average molecular weight is 320 g/mol. The highest BCUT2D eigenvalue weighted by molar-refractivity contribution is 5.94. The maximum atomic E-state index is 12.1. The minimum Gasteiger partial charge on any atom is -0.455 e. The zero-order chi connectivity index (χ0) is 16.8. The Hall–Kier alpha value is -2.12. The number of piperazine rings is 1. The summed E-state index contributed by atoms with van der Waals surface area (Å²) in [5.41, 5.74) is 6.96. The maximum Gasteiger partial charge on any atom is 0.320 e. The van der Waals surface area contributed by atoms with Gasteiger partial charge in [0.2, 0.25) is 0 Å². The van der Waals surface area contributed by atoms with E-state index in [1.54, 1.807) is 31.3 Å². The number of hydrogen-bond acceptors (Lipinski definition) is 6. The van der Waals surface area contributed by atoms with Crippen molar-refractivity contribution in [2.24, 2.45) is 0 Å². The van der Waals surface area contributed by atoms with Gasteiger partial charge in [-0.25, -0.2) is 0 Å². The summed E-state index contributed by atoms with van der Waals surface area (Å²) in [6.45, 7) is 3.52. The average Bonchev–Trinajstić information content (AvgIpc) is 2.55. The van der Waals surface area contributed by atoms with E-state index in [1.165, 1.54) is 4.90 Å². The molecule has 0 aliphatic carbocycles. The van der Waals surface area contributed by atoms with Crippen molar-refractivity contribution in [2.75, 3.05) is 64.1 Å². The van der Waals surface area contributed by atoms with Gasteiger partial charge in [-0.3, -0.25) is 14.5 Å². The molecule has 0 saturated carbocycles. The Kier molecular flexibility index (Phi) is 5.95. The van der Waals surface area contributed by atoms with Gasteiger partial charge in [0.15, 0.2) is 6.61 Å². The number of likely N-dealkylation sites (N-methyl/N-ethyl adjacent to an activating group) is 2. The van der Waals surface area contributed by atoms with Crippen molar-refractivity contribution < 1.29 is 14.3 Å². The monoisotopic (exact) mass is 320 g/mol. The number of carbonyl (C=O) groups is 2. The molecule has 1 saturated heterocycles. The van der Waals surface area contributed by atoms with Crippen molar-refractivity contribution >= 4 is 23.3 Å². The van der Waals surface area contributed by atoms with E-state index in [1.807, 2.05) is 4.90 Å². The number of carbonyl (C=O) groups excluding carboxylic acids is 2. The number of rotatable bonds is 5. The number of nitrogen functional groups attached to an aromatic ring is 1. The number of benzene rings is 1. The Morgan fingerprint density at radius 3 is 2.39 bits per heavy atom. The van der Waals surface area contributed by atoms with E-state index in [2.05, 4.69) is 11.9 Å². The highest BCUT2D eigenvalue weighted by Crippen LogP contribution is 2.14. The molecule has 7 heteroatoms. The van der Waals surface area contributed by atoms with Crippen LogP contribution in [0.4, 0.5) is 11.4 Å². The van der Waals surface area contributed by atoms with E-state index in [0.29, 0.717) is 11.4 Å². The van der Waals surface area contributed by atoms with Gasteiger partial charge in [-0.15, -0.1) is 0 Å². The second-order valence-corrected chi connectivity index (χ2v) is 5.78. The topological polar surface area (TPSA) is 79.1 Å². The van der Waals surface area contributed by atoms with Crippen molar-refractivity contribution in [3.05, 3.63) is 24.3 Å². The van der Waals surface area contributed by atoms with Gasteiger partial charge in [-0.05, 0) is 31.3 Å². The van der Waals surface area contributed by atoms with Crippen LogP contribution in [0.3, 0.4) is 0 Å². The molecule has 0 atom stereocenters. The van der Waals surface area contributed by atoms with Gasteiger partial charge in [0.05, 0.1) is 6.54 Å².